The third kappa shape index (κ3) is 3.45. The van der Waals surface area contributed by atoms with Crippen LogP contribution in [0.5, 0.6) is 0 Å². The summed E-state index contributed by atoms with van der Waals surface area (Å²) in [5.41, 5.74) is 1.92. The summed E-state index contributed by atoms with van der Waals surface area (Å²) in [6.07, 6.45) is 0. The molecule has 4 aromatic carbocycles. The molecule has 0 saturated heterocycles. The largest absolute Gasteiger partial charge is 0.204 e. The monoisotopic (exact) mass is 414 g/mol. The second-order valence-corrected chi connectivity index (χ2v) is 6.60. The van der Waals surface area contributed by atoms with Crippen LogP contribution in [0.4, 0.5) is 26.3 Å². The van der Waals surface area contributed by atoms with Gasteiger partial charge in [0.05, 0.1) is 0 Å². The van der Waals surface area contributed by atoms with E-state index in [4.69, 9.17) is 0 Å². The van der Waals surface area contributed by atoms with Crippen LogP contribution in [0.3, 0.4) is 0 Å². The summed E-state index contributed by atoms with van der Waals surface area (Å²) < 4.78 is 82.0. The van der Waals surface area contributed by atoms with Crippen molar-refractivity contribution in [3.05, 3.63) is 108 Å². The van der Waals surface area contributed by atoms with Gasteiger partial charge in [0.25, 0.3) is 0 Å². The number of hydrogen-bond acceptors (Lipinski definition) is 0. The first kappa shape index (κ1) is 19.8. The zero-order chi connectivity index (χ0) is 21.4. The Balaban J connectivity index is 1.95. The highest BCUT2D eigenvalue weighted by molar-refractivity contribution is 5.91. The van der Waals surface area contributed by atoms with E-state index in [-0.39, 0.29) is 11.1 Å². The zero-order valence-corrected chi connectivity index (χ0v) is 15.2. The van der Waals surface area contributed by atoms with Crippen LogP contribution in [0.15, 0.2) is 72.8 Å². The molecule has 4 rings (SSSR count). The van der Waals surface area contributed by atoms with Crippen molar-refractivity contribution in [3.8, 4) is 33.4 Å². The quantitative estimate of drug-likeness (QED) is 0.240. The Labute approximate surface area is 168 Å². The Hall–Kier alpha value is -3.54. The number of hydrogen-bond donors (Lipinski definition) is 0. The molecule has 0 N–H and O–H groups in total. The molecule has 0 aliphatic rings. The van der Waals surface area contributed by atoms with Gasteiger partial charge in [0, 0.05) is 0 Å². The van der Waals surface area contributed by atoms with Crippen molar-refractivity contribution in [3.63, 3.8) is 0 Å². The minimum atomic E-state index is -1.58. The van der Waals surface area contributed by atoms with Crippen LogP contribution in [-0.4, -0.2) is 0 Å². The maximum absolute atomic E-state index is 13.8. The van der Waals surface area contributed by atoms with E-state index in [1.165, 1.54) is 0 Å². The van der Waals surface area contributed by atoms with Crippen LogP contribution in [0.2, 0.25) is 0 Å². The second kappa shape index (κ2) is 7.71. The minimum Gasteiger partial charge on any atom is -0.204 e. The first-order valence-electron chi connectivity index (χ1n) is 8.85. The van der Waals surface area contributed by atoms with Crippen LogP contribution in [0.25, 0.3) is 33.4 Å². The van der Waals surface area contributed by atoms with E-state index in [0.717, 1.165) is 24.3 Å². The lowest BCUT2D eigenvalue weighted by Gasteiger charge is -2.15. The van der Waals surface area contributed by atoms with Gasteiger partial charge in [-0.1, -0.05) is 48.5 Å². The summed E-state index contributed by atoms with van der Waals surface area (Å²) in [6.45, 7) is 0. The molecule has 0 heterocycles. The van der Waals surface area contributed by atoms with E-state index in [0.29, 0.717) is 22.3 Å². The Morgan fingerprint density at radius 3 is 0.933 bits per heavy atom. The number of benzene rings is 4. The maximum atomic E-state index is 13.8. The van der Waals surface area contributed by atoms with Gasteiger partial charge in [0.1, 0.15) is 0 Å². The fourth-order valence-corrected chi connectivity index (χ4v) is 3.36. The normalized spacial score (nSPS) is 11.0. The first-order valence-corrected chi connectivity index (χ1v) is 8.85. The van der Waals surface area contributed by atoms with Crippen molar-refractivity contribution in [2.45, 2.75) is 0 Å². The molecule has 0 radical (unpaired) electrons. The summed E-state index contributed by atoms with van der Waals surface area (Å²) in [4.78, 5) is 0. The van der Waals surface area contributed by atoms with E-state index >= 15 is 0 Å². The molecule has 0 spiro atoms. The lowest BCUT2D eigenvalue weighted by molar-refractivity contribution is 0.447. The van der Waals surface area contributed by atoms with E-state index in [9.17, 15) is 26.3 Å². The van der Waals surface area contributed by atoms with Crippen molar-refractivity contribution in [2.24, 2.45) is 0 Å². The second-order valence-electron chi connectivity index (χ2n) is 6.60. The molecule has 0 nitrogen and oxygen atoms in total. The molecule has 0 fully saturated rings. The Bertz CT molecular complexity index is 1120. The van der Waals surface area contributed by atoms with Crippen LogP contribution < -0.4 is 0 Å². The topological polar surface area (TPSA) is 0 Å². The average molecular weight is 414 g/mol. The van der Waals surface area contributed by atoms with Crippen molar-refractivity contribution in [1.82, 2.24) is 0 Å². The Morgan fingerprint density at radius 2 is 0.633 bits per heavy atom. The van der Waals surface area contributed by atoms with Gasteiger partial charge in [-0.3, -0.25) is 0 Å². The molecule has 0 saturated carbocycles. The van der Waals surface area contributed by atoms with E-state index < -0.39 is 34.9 Å². The van der Waals surface area contributed by atoms with Gasteiger partial charge < -0.3 is 0 Å². The SMILES string of the molecule is Fc1cc(-c2ccccc2-c2ccccc2-c2cc(F)c(F)c(F)c2)cc(F)c1F. The number of halogens is 6. The fraction of sp³-hybridized carbons (Fsp3) is 0. The molecular formula is C24H12F6. The molecule has 0 amide bonds. The molecular weight excluding hydrogens is 402 g/mol. The van der Waals surface area contributed by atoms with Crippen molar-refractivity contribution >= 4 is 0 Å². The molecule has 6 heteroatoms. The summed E-state index contributed by atoms with van der Waals surface area (Å²) in [5, 5.41) is 0. The molecule has 0 aromatic heterocycles. The predicted molar refractivity (Wildman–Crippen MR) is 102 cm³/mol. The van der Waals surface area contributed by atoms with Gasteiger partial charge in [0.2, 0.25) is 0 Å². The minimum absolute atomic E-state index is 0.0910. The van der Waals surface area contributed by atoms with Gasteiger partial charge in [-0.15, -0.1) is 0 Å². The van der Waals surface area contributed by atoms with Crippen LogP contribution in [0, 0.1) is 34.9 Å². The molecule has 4 aromatic rings. The summed E-state index contributed by atoms with van der Waals surface area (Å²) >= 11 is 0. The average Bonchev–Trinajstić information content (AvgIpc) is 2.75. The maximum Gasteiger partial charge on any atom is 0.194 e. The highest BCUT2D eigenvalue weighted by Crippen LogP contribution is 2.39. The molecule has 0 atom stereocenters. The summed E-state index contributed by atoms with van der Waals surface area (Å²) in [6, 6.07) is 16.6. The van der Waals surface area contributed by atoms with Crippen LogP contribution in [-0.2, 0) is 0 Å². The van der Waals surface area contributed by atoms with Gasteiger partial charge in [-0.2, -0.15) is 0 Å². The predicted octanol–water partition coefficient (Wildman–Crippen LogP) is 7.52. The lowest BCUT2D eigenvalue weighted by Crippen LogP contribution is -1.95. The molecule has 0 aliphatic heterocycles. The van der Waals surface area contributed by atoms with E-state index in [2.05, 4.69) is 0 Å². The standard InChI is InChI=1S/C24H12F6/c25-19-9-13(10-20(26)23(19)29)15-5-1-3-7-17(15)18-8-4-2-6-16(18)14-11-21(27)24(30)22(28)12-14/h1-12H. The van der Waals surface area contributed by atoms with Gasteiger partial charge in [-0.25, -0.2) is 26.3 Å². The summed E-state index contributed by atoms with van der Waals surface area (Å²) in [5.74, 6) is -8.50. The third-order valence-electron chi connectivity index (χ3n) is 4.73. The molecule has 0 unspecified atom stereocenters. The van der Waals surface area contributed by atoms with Crippen molar-refractivity contribution < 1.29 is 26.3 Å². The third-order valence-corrected chi connectivity index (χ3v) is 4.73. The van der Waals surface area contributed by atoms with Crippen molar-refractivity contribution in [1.29, 1.82) is 0 Å². The molecule has 0 bridgehead atoms. The van der Waals surface area contributed by atoms with Gasteiger partial charge >= 0.3 is 0 Å². The van der Waals surface area contributed by atoms with Crippen molar-refractivity contribution in [2.75, 3.05) is 0 Å². The first-order chi connectivity index (χ1) is 14.4. The van der Waals surface area contributed by atoms with Crippen LogP contribution >= 0.6 is 0 Å². The van der Waals surface area contributed by atoms with E-state index in [1.807, 2.05) is 0 Å². The van der Waals surface area contributed by atoms with Gasteiger partial charge in [-0.05, 0) is 57.6 Å². The fourth-order valence-electron chi connectivity index (χ4n) is 3.36. The highest BCUT2D eigenvalue weighted by atomic mass is 19.2. The van der Waals surface area contributed by atoms with E-state index in [1.54, 1.807) is 48.5 Å². The summed E-state index contributed by atoms with van der Waals surface area (Å²) in [7, 11) is 0. The Morgan fingerprint density at radius 1 is 0.367 bits per heavy atom. The molecule has 0 aliphatic carbocycles. The van der Waals surface area contributed by atoms with Crippen LogP contribution in [0.1, 0.15) is 0 Å². The smallest absolute Gasteiger partial charge is 0.194 e. The van der Waals surface area contributed by atoms with Gasteiger partial charge in [0.15, 0.2) is 34.9 Å². The molecule has 30 heavy (non-hydrogen) atoms. The Kier molecular flexibility index (Phi) is 5.08. The zero-order valence-electron chi connectivity index (χ0n) is 15.2. The lowest BCUT2D eigenvalue weighted by atomic mass is 9.89. The molecule has 150 valence electrons. The number of rotatable bonds is 3. The highest BCUT2D eigenvalue weighted by Gasteiger charge is 2.18.